The fourth-order valence-electron chi connectivity index (χ4n) is 3.12. The van der Waals surface area contributed by atoms with Crippen LogP contribution < -0.4 is 10.9 Å². The van der Waals surface area contributed by atoms with Crippen molar-refractivity contribution in [1.82, 2.24) is 19.2 Å². The summed E-state index contributed by atoms with van der Waals surface area (Å²) in [6.45, 7) is 3.36. The van der Waals surface area contributed by atoms with Gasteiger partial charge in [0, 0.05) is 42.8 Å². The van der Waals surface area contributed by atoms with Gasteiger partial charge >= 0.3 is 0 Å². The van der Waals surface area contributed by atoms with Crippen LogP contribution in [0, 0.1) is 6.92 Å². The molecule has 4 aromatic rings. The Hall–Kier alpha value is -4.00. The lowest BCUT2D eigenvalue weighted by Gasteiger charge is -2.09. The zero-order chi connectivity index (χ0) is 20.4. The Balaban J connectivity index is 1.78. The Morgan fingerprint density at radius 3 is 2.76 bits per heavy atom. The molecule has 4 rings (SSSR count). The van der Waals surface area contributed by atoms with Crippen LogP contribution in [0.25, 0.3) is 23.5 Å². The maximum atomic E-state index is 12.9. The van der Waals surface area contributed by atoms with Crippen molar-refractivity contribution in [3.8, 4) is 5.69 Å². The van der Waals surface area contributed by atoms with E-state index in [0.29, 0.717) is 17.0 Å². The molecular weight excluding hydrogens is 366 g/mol. The number of rotatable bonds is 4. The van der Waals surface area contributed by atoms with E-state index in [1.807, 2.05) is 49.5 Å². The molecule has 7 nitrogen and oxygen atoms in total. The molecular formula is C22H19N5O2. The van der Waals surface area contributed by atoms with Gasteiger partial charge in [0.15, 0.2) is 5.65 Å². The summed E-state index contributed by atoms with van der Waals surface area (Å²) in [7, 11) is 0. The summed E-state index contributed by atoms with van der Waals surface area (Å²) in [6.07, 6.45) is 8.97. The molecule has 1 N–H and O–H groups in total. The van der Waals surface area contributed by atoms with Gasteiger partial charge in [0.25, 0.3) is 5.56 Å². The summed E-state index contributed by atoms with van der Waals surface area (Å²) >= 11 is 0. The minimum atomic E-state index is -0.195. The molecule has 0 saturated carbocycles. The van der Waals surface area contributed by atoms with Crippen LogP contribution in [0.5, 0.6) is 0 Å². The molecule has 0 aliphatic rings. The second-order valence-electron chi connectivity index (χ2n) is 6.66. The van der Waals surface area contributed by atoms with Crippen molar-refractivity contribution in [1.29, 1.82) is 0 Å². The Morgan fingerprint density at radius 2 is 2.00 bits per heavy atom. The van der Waals surface area contributed by atoms with Crippen molar-refractivity contribution in [3.63, 3.8) is 0 Å². The third kappa shape index (κ3) is 3.84. The van der Waals surface area contributed by atoms with Gasteiger partial charge in [-0.1, -0.05) is 18.2 Å². The lowest BCUT2D eigenvalue weighted by molar-refractivity contribution is -0.114. The first-order valence-corrected chi connectivity index (χ1v) is 9.09. The Kier molecular flexibility index (Phi) is 4.78. The summed E-state index contributed by atoms with van der Waals surface area (Å²) in [5, 5.41) is 2.76. The predicted octanol–water partition coefficient (Wildman–Crippen LogP) is 3.32. The maximum Gasteiger partial charge on any atom is 0.273 e. The molecule has 144 valence electrons. The average molecular weight is 385 g/mol. The zero-order valence-electron chi connectivity index (χ0n) is 16.0. The first-order valence-electron chi connectivity index (χ1n) is 9.09. The van der Waals surface area contributed by atoms with E-state index >= 15 is 0 Å². The monoisotopic (exact) mass is 385 g/mol. The molecule has 0 atom stereocenters. The summed E-state index contributed by atoms with van der Waals surface area (Å²) in [6, 6.07) is 12.6. The molecule has 7 heteroatoms. The number of aryl methyl sites for hydroxylation is 1. The van der Waals surface area contributed by atoms with Crippen LogP contribution in [-0.4, -0.2) is 25.1 Å². The number of pyridine rings is 1. The van der Waals surface area contributed by atoms with Gasteiger partial charge in [0.1, 0.15) is 0 Å². The van der Waals surface area contributed by atoms with E-state index in [0.717, 1.165) is 16.8 Å². The Bertz CT molecular complexity index is 1290. The van der Waals surface area contributed by atoms with Crippen LogP contribution in [0.2, 0.25) is 0 Å². The van der Waals surface area contributed by atoms with Gasteiger partial charge in [0.2, 0.25) is 5.91 Å². The van der Waals surface area contributed by atoms with Gasteiger partial charge < -0.3 is 5.32 Å². The highest BCUT2D eigenvalue weighted by Crippen LogP contribution is 2.18. The molecule has 3 heterocycles. The van der Waals surface area contributed by atoms with Crippen LogP contribution >= 0.6 is 0 Å². The first-order chi connectivity index (χ1) is 14.0. The summed E-state index contributed by atoms with van der Waals surface area (Å²) in [4.78, 5) is 32.9. The topological polar surface area (TPSA) is 81.3 Å². The van der Waals surface area contributed by atoms with Crippen molar-refractivity contribution in [2.45, 2.75) is 13.8 Å². The quantitative estimate of drug-likeness (QED) is 0.584. The van der Waals surface area contributed by atoms with Crippen molar-refractivity contribution in [3.05, 3.63) is 88.2 Å². The van der Waals surface area contributed by atoms with E-state index < -0.39 is 0 Å². The molecule has 0 saturated heterocycles. The minimum Gasteiger partial charge on any atom is -0.326 e. The standard InChI is InChI=1S/C22H19N5O2/c1-15-14-26(20-7-3-6-18(11-20)24-16(2)28)27-21(29)12-19(25-22(15)27)9-8-17-5-4-10-23-13-17/h3-14H,1-2H3,(H,24,28)/b9-8+. The second-order valence-corrected chi connectivity index (χ2v) is 6.66. The molecule has 0 fully saturated rings. The highest BCUT2D eigenvalue weighted by molar-refractivity contribution is 5.88. The van der Waals surface area contributed by atoms with E-state index in [1.165, 1.54) is 17.5 Å². The van der Waals surface area contributed by atoms with Crippen LogP contribution in [0.3, 0.4) is 0 Å². The average Bonchev–Trinajstić information content (AvgIpc) is 3.04. The number of hydrogen-bond donors (Lipinski definition) is 1. The smallest absolute Gasteiger partial charge is 0.273 e. The van der Waals surface area contributed by atoms with Gasteiger partial charge in [-0.2, -0.15) is 4.52 Å². The number of fused-ring (bicyclic) bond motifs is 1. The Labute approximate surface area is 167 Å². The first kappa shape index (κ1) is 18.4. The molecule has 0 aliphatic heterocycles. The largest absolute Gasteiger partial charge is 0.326 e. The third-order valence-electron chi connectivity index (χ3n) is 4.36. The third-order valence-corrected chi connectivity index (χ3v) is 4.36. The molecule has 0 unspecified atom stereocenters. The van der Waals surface area contributed by atoms with E-state index in [1.54, 1.807) is 29.2 Å². The highest BCUT2D eigenvalue weighted by Gasteiger charge is 2.11. The number of carbonyl (C=O) groups is 1. The lowest BCUT2D eigenvalue weighted by Crippen LogP contribution is -2.20. The number of nitrogens with zero attached hydrogens (tertiary/aromatic N) is 4. The highest BCUT2D eigenvalue weighted by atomic mass is 16.1. The number of amides is 1. The van der Waals surface area contributed by atoms with Gasteiger partial charge in [-0.3, -0.25) is 19.3 Å². The van der Waals surface area contributed by atoms with Crippen LogP contribution in [0.15, 0.2) is 65.8 Å². The molecule has 29 heavy (non-hydrogen) atoms. The molecule has 0 bridgehead atoms. The molecule has 0 radical (unpaired) electrons. The van der Waals surface area contributed by atoms with Crippen molar-refractivity contribution >= 4 is 29.4 Å². The predicted molar refractivity (Wildman–Crippen MR) is 113 cm³/mol. The summed E-state index contributed by atoms with van der Waals surface area (Å²) in [5.41, 5.74) is 4.16. The number of carbonyl (C=O) groups excluding carboxylic acids is 1. The van der Waals surface area contributed by atoms with Crippen LogP contribution in [0.4, 0.5) is 5.69 Å². The zero-order valence-corrected chi connectivity index (χ0v) is 16.0. The van der Waals surface area contributed by atoms with E-state index in [9.17, 15) is 9.59 Å². The number of aromatic nitrogens is 4. The van der Waals surface area contributed by atoms with Gasteiger partial charge in [-0.05, 0) is 42.8 Å². The number of nitrogens with one attached hydrogen (secondary N) is 1. The van der Waals surface area contributed by atoms with E-state index in [2.05, 4.69) is 15.3 Å². The fourth-order valence-corrected chi connectivity index (χ4v) is 3.12. The molecule has 0 aliphatic carbocycles. The lowest BCUT2D eigenvalue weighted by atomic mass is 10.2. The van der Waals surface area contributed by atoms with E-state index in [4.69, 9.17) is 0 Å². The number of hydrogen-bond acceptors (Lipinski definition) is 4. The molecule has 1 aromatic carbocycles. The fraction of sp³-hybridized carbons (Fsp3) is 0.0909. The van der Waals surface area contributed by atoms with Gasteiger partial charge in [-0.25, -0.2) is 4.98 Å². The Morgan fingerprint density at radius 1 is 1.14 bits per heavy atom. The van der Waals surface area contributed by atoms with Crippen molar-refractivity contribution in [2.75, 3.05) is 5.32 Å². The maximum absolute atomic E-state index is 12.9. The van der Waals surface area contributed by atoms with Crippen molar-refractivity contribution < 1.29 is 4.79 Å². The molecule has 3 aromatic heterocycles. The van der Waals surface area contributed by atoms with Crippen LogP contribution in [-0.2, 0) is 4.79 Å². The molecule has 1 amide bonds. The second kappa shape index (κ2) is 7.55. The van der Waals surface area contributed by atoms with Gasteiger partial charge in [-0.15, -0.1) is 0 Å². The molecule has 0 spiro atoms. The number of benzene rings is 1. The SMILES string of the molecule is CC(=O)Nc1cccc(-n2cc(C)c3nc(/C=C/c4cccnc4)cc(=O)n32)c1. The minimum absolute atomic E-state index is 0.153. The van der Waals surface area contributed by atoms with E-state index in [-0.39, 0.29) is 11.5 Å². The van der Waals surface area contributed by atoms with Gasteiger partial charge in [0.05, 0.1) is 11.4 Å². The number of anilines is 1. The summed E-state index contributed by atoms with van der Waals surface area (Å²) < 4.78 is 3.25. The van der Waals surface area contributed by atoms with Crippen LogP contribution in [0.1, 0.15) is 23.7 Å². The normalized spacial score (nSPS) is 11.2. The van der Waals surface area contributed by atoms with Crippen molar-refractivity contribution in [2.24, 2.45) is 0 Å². The summed E-state index contributed by atoms with van der Waals surface area (Å²) in [5.74, 6) is -0.153.